The van der Waals surface area contributed by atoms with Crippen LogP contribution in [0.4, 0.5) is 0 Å². The van der Waals surface area contributed by atoms with E-state index in [2.05, 4.69) is 29.5 Å². The van der Waals surface area contributed by atoms with Crippen LogP contribution >= 0.6 is 0 Å². The topological polar surface area (TPSA) is 53.5 Å². The molecule has 0 bridgehead atoms. The van der Waals surface area contributed by atoms with Gasteiger partial charge in [0.05, 0.1) is 0 Å². The monoisotopic (exact) mass is 209 g/mol. The van der Waals surface area contributed by atoms with Crippen molar-refractivity contribution in [2.45, 2.75) is 38.6 Å². The first-order valence-electron chi connectivity index (χ1n) is 5.65. The first-order valence-corrected chi connectivity index (χ1v) is 5.65. The number of amides is 1. The zero-order chi connectivity index (χ0) is 11.1. The molecule has 1 aliphatic carbocycles. The van der Waals surface area contributed by atoms with Gasteiger partial charge in [-0.15, -0.1) is 0 Å². The number of hydrogen-bond donors (Lipinski definition) is 2. The first kappa shape index (κ1) is 10.5. The maximum atomic E-state index is 12.0. The van der Waals surface area contributed by atoms with Gasteiger partial charge in [-0.1, -0.05) is 20.3 Å². The second-order valence-corrected chi connectivity index (χ2v) is 4.91. The summed E-state index contributed by atoms with van der Waals surface area (Å²) in [7, 11) is 1.69. The lowest BCUT2D eigenvalue weighted by atomic mass is 9.70. The fraction of sp³-hybridized carbons (Fsp3) is 0.818. The molecular formula is C11H19N3O. The van der Waals surface area contributed by atoms with Crippen LogP contribution in [0.5, 0.6) is 0 Å². The molecule has 1 spiro atoms. The van der Waals surface area contributed by atoms with Crippen LogP contribution < -0.4 is 10.6 Å². The Morgan fingerprint density at radius 2 is 2.13 bits per heavy atom. The Bertz CT molecular complexity index is 313. The van der Waals surface area contributed by atoms with Crippen LogP contribution in [0, 0.1) is 11.8 Å². The number of rotatable bonds is 0. The van der Waals surface area contributed by atoms with Gasteiger partial charge in [-0.2, -0.15) is 0 Å². The fourth-order valence-corrected chi connectivity index (χ4v) is 2.75. The SMILES string of the molecule is CN=C1NC(=O)C2(CC(C)CCC2C)N1. The van der Waals surface area contributed by atoms with Gasteiger partial charge < -0.3 is 5.32 Å². The molecule has 2 aliphatic rings. The molecule has 3 atom stereocenters. The van der Waals surface area contributed by atoms with E-state index in [0.29, 0.717) is 17.8 Å². The van der Waals surface area contributed by atoms with Gasteiger partial charge in [0.1, 0.15) is 5.54 Å². The van der Waals surface area contributed by atoms with Crippen molar-refractivity contribution < 1.29 is 4.79 Å². The molecule has 1 saturated carbocycles. The molecule has 0 aromatic heterocycles. The van der Waals surface area contributed by atoms with Gasteiger partial charge in [-0.25, -0.2) is 0 Å². The highest BCUT2D eigenvalue weighted by Gasteiger charge is 2.51. The predicted molar refractivity (Wildman–Crippen MR) is 59.5 cm³/mol. The summed E-state index contributed by atoms with van der Waals surface area (Å²) < 4.78 is 0. The lowest BCUT2D eigenvalue weighted by Gasteiger charge is -2.39. The normalized spacial score (nSPS) is 43.1. The van der Waals surface area contributed by atoms with Crippen LogP contribution in [-0.2, 0) is 4.79 Å². The standard InChI is InChI=1S/C11H19N3O/c1-7-4-5-8(2)11(6-7)9(15)13-10(12-3)14-11/h7-8H,4-6H2,1-3H3,(H2,12,13,14,15). The molecule has 4 nitrogen and oxygen atoms in total. The van der Waals surface area contributed by atoms with Crippen molar-refractivity contribution in [2.24, 2.45) is 16.8 Å². The fourth-order valence-electron chi connectivity index (χ4n) is 2.75. The highest BCUT2D eigenvalue weighted by Crippen LogP contribution is 2.38. The molecule has 1 saturated heterocycles. The quantitative estimate of drug-likeness (QED) is 0.622. The minimum atomic E-state index is -0.396. The third kappa shape index (κ3) is 1.52. The van der Waals surface area contributed by atoms with Crippen LogP contribution in [0.15, 0.2) is 4.99 Å². The molecule has 4 heteroatoms. The maximum Gasteiger partial charge on any atom is 0.252 e. The molecule has 0 aromatic rings. The molecule has 2 rings (SSSR count). The third-order valence-electron chi connectivity index (χ3n) is 3.81. The Balaban J connectivity index is 2.27. The van der Waals surface area contributed by atoms with Crippen LogP contribution in [0.3, 0.4) is 0 Å². The molecule has 0 aromatic carbocycles. The van der Waals surface area contributed by atoms with E-state index in [1.54, 1.807) is 7.05 Å². The van der Waals surface area contributed by atoms with Crippen molar-refractivity contribution in [1.29, 1.82) is 0 Å². The van der Waals surface area contributed by atoms with E-state index in [9.17, 15) is 4.79 Å². The number of nitrogens with one attached hydrogen (secondary N) is 2. The van der Waals surface area contributed by atoms with E-state index < -0.39 is 5.54 Å². The smallest absolute Gasteiger partial charge is 0.252 e. The molecule has 84 valence electrons. The van der Waals surface area contributed by atoms with Crippen LogP contribution in [0.25, 0.3) is 0 Å². The minimum Gasteiger partial charge on any atom is -0.341 e. The lowest BCUT2D eigenvalue weighted by Crippen LogP contribution is -2.55. The summed E-state index contributed by atoms with van der Waals surface area (Å²) in [6.07, 6.45) is 3.24. The van der Waals surface area contributed by atoms with Crippen molar-refractivity contribution in [3.8, 4) is 0 Å². The summed E-state index contributed by atoms with van der Waals surface area (Å²) in [6.45, 7) is 4.36. The Morgan fingerprint density at radius 1 is 1.40 bits per heavy atom. The van der Waals surface area contributed by atoms with Crippen molar-refractivity contribution >= 4 is 11.9 Å². The summed E-state index contributed by atoms with van der Waals surface area (Å²) in [4.78, 5) is 16.0. The van der Waals surface area contributed by atoms with Gasteiger partial charge in [-0.3, -0.25) is 15.1 Å². The Kier molecular flexibility index (Phi) is 2.44. The molecular weight excluding hydrogens is 190 g/mol. The lowest BCUT2D eigenvalue weighted by molar-refractivity contribution is -0.127. The van der Waals surface area contributed by atoms with Crippen LogP contribution in [0.2, 0.25) is 0 Å². The van der Waals surface area contributed by atoms with Crippen molar-refractivity contribution in [3.63, 3.8) is 0 Å². The van der Waals surface area contributed by atoms with E-state index in [0.717, 1.165) is 12.8 Å². The van der Waals surface area contributed by atoms with Crippen LogP contribution in [0.1, 0.15) is 33.1 Å². The average Bonchev–Trinajstić information content (AvgIpc) is 2.51. The molecule has 1 amide bonds. The number of nitrogens with zero attached hydrogens (tertiary/aromatic N) is 1. The Hall–Kier alpha value is -1.06. The minimum absolute atomic E-state index is 0.0992. The Labute approximate surface area is 90.5 Å². The summed E-state index contributed by atoms with van der Waals surface area (Å²) in [5.74, 6) is 1.71. The van der Waals surface area contributed by atoms with Crippen molar-refractivity contribution in [1.82, 2.24) is 10.6 Å². The number of hydrogen-bond acceptors (Lipinski definition) is 2. The van der Waals surface area contributed by atoms with Crippen molar-refractivity contribution in [3.05, 3.63) is 0 Å². The maximum absolute atomic E-state index is 12.0. The molecule has 3 unspecified atom stereocenters. The van der Waals surface area contributed by atoms with Gasteiger partial charge in [0, 0.05) is 7.05 Å². The number of guanidine groups is 1. The van der Waals surface area contributed by atoms with E-state index in [1.807, 2.05) is 0 Å². The van der Waals surface area contributed by atoms with Gasteiger partial charge in [0.2, 0.25) is 0 Å². The largest absolute Gasteiger partial charge is 0.341 e. The van der Waals surface area contributed by atoms with Gasteiger partial charge in [-0.05, 0) is 24.7 Å². The van der Waals surface area contributed by atoms with E-state index in [-0.39, 0.29) is 5.91 Å². The highest BCUT2D eigenvalue weighted by molar-refractivity contribution is 6.09. The van der Waals surface area contributed by atoms with E-state index in [1.165, 1.54) is 6.42 Å². The number of carbonyl (C=O) groups is 1. The second kappa shape index (κ2) is 3.51. The third-order valence-corrected chi connectivity index (χ3v) is 3.81. The summed E-state index contributed by atoms with van der Waals surface area (Å²) in [5, 5.41) is 6.09. The average molecular weight is 209 g/mol. The zero-order valence-electron chi connectivity index (χ0n) is 9.63. The molecule has 15 heavy (non-hydrogen) atoms. The summed E-state index contributed by atoms with van der Waals surface area (Å²) in [5.41, 5.74) is -0.396. The zero-order valence-corrected chi connectivity index (χ0v) is 9.63. The predicted octanol–water partition coefficient (Wildman–Crippen LogP) is 0.886. The van der Waals surface area contributed by atoms with Gasteiger partial charge >= 0.3 is 0 Å². The summed E-state index contributed by atoms with van der Waals surface area (Å²) >= 11 is 0. The van der Waals surface area contributed by atoms with E-state index in [4.69, 9.17) is 0 Å². The number of carbonyl (C=O) groups excluding carboxylic acids is 1. The first-order chi connectivity index (χ1) is 7.08. The molecule has 0 radical (unpaired) electrons. The van der Waals surface area contributed by atoms with Gasteiger partial charge in [0.25, 0.3) is 5.91 Å². The summed E-state index contributed by atoms with van der Waals surface area (Å²) in [6, 6.07) is 0. The number of aliphatic imine (C=N–C) groups is 1. The van der Waals surface area contributed by atoms with Gasteiger partial charge in [0.15, 0.2) is 5.96 Å². The molecule has 2 N–H and O–H groups in total. The molecule has 2 fully saturated rings. The second-order valence-electron chi connectivity index (χ2n) is 4.91. The molecule has 1 aliphatic heterocycles. The van der Waals surface area contributed by atoms with Crippen LogP contribution in [-0.4, -0.2) is 24.5 Å². The van der Waals surface area contributed by atoms with Crippen molar-refractivity contribution in [2.75, 3.05) is 7.05 Å². The Morgan fingerprint density at radius 3 is 2.73 bits per heavy atom. The van der Waals surface area contributed by atoms with E-state index >= 15 is 0 Å². The highest BCUT2D eigenvalue weighted by atomic mass is 16.2. The molecule has 1 heterocycles.